The molecule has 1 aromatic heterocycles. The van der Waals surface area contributed by atoms with Crippen molar-refractivity contribution in [2.24, 2.45) is 4.99 Å². The average Bonchev–Trinajstić information content (AvgIpc) is 3.10. The molecule has 1 atom stereocenters. The van der Waals surface area contributed by atoms with Crippen LogP contribution in [0.5, 0.6) is 5.75 Å². The van der Waals surface area contributed by atoms with E-state index in [1.807, 2.05) is 44.2 Å². The highest BCUT2D eigenvalue weighted by molar-refractivity contribution is 5.79. The Morgan fingerprint density at radius 1 is 1.30 bits per heavy atom. The van der Waals surface area contributed by atoms with E-state index in [4.69, 9.17) is 9.15 Å². The van der Waals surface area contributed by atoms with Gasteiger partial charge in [-0.05, 0) is 39.0 Å². The minimum absolute atomic E-state index is 0.264. The molecule has 0 amide bonds. The predicted octanol–water partition coefficient (Wildman–Crippen LogP) is 3.12. The van der Waals surface area contributed by atoms with Gasteiger partial charge in [-0.2, -0.15) is 0 Å². The summed E-state index contributed by atoms with van der Waals surface area (Å²) in [5.41, 5.74) is -0.167. The van der Waals surface area contributed by atoms with Gasteiger partial charge >= 0.3 is 0 Å². The van der Waals surface area contributed by atoms with Crippen molar-refractivity contribution in [2.75, 3.05) is 19.7 Å². The smallest absolute Gasteiger partial charge is 0.191 e. The topological polar surface area (TPSA) is 79.0 Å². The lowest BCUT2D eigenvalue weighted by molar-refractivity contribution is 0.0378. The number of furan rings is 1. The van der Waals surface area contributed by atoms with Crippen molar-refractivity contribution in [3.63, 3.8) is 0 Å². The first kappa shape index (κ1) is 20.6. The molecule has 2 aromatic rings. The van der Waals surface area contributed by atoms with Gasteiger partial charge in [0, 0.05) is 12.1 Å². The van der Waals surface area contributed by atoms with E-state index in [0.717, 1.165) is 17.1 Å². The van der Waals surface area contributed by atoms with Crippen molar-refractivity contribution in [1.82, 2.24) is 10.6 Å². The van der Waals surface area contributed by atoms with Crippen LogP contribution in [0.3, 0.4) is 0 Å². The van der Waals surface area contributed by atoms with Gasteiger partial charge in [0.05, 0.1) is 13.1 Å². The van der Waals surface area contributed by atoms with Crippen molar-refractivity contribution in [1.29, 1.82) is 0 Å². The summed E-state index contributed by atoms with van der Waals surface area (Å²) >= 11 is 0. The molecule has 0 aliphatic rings. The van der Waals surface area contributed by atoms with Gasteiger partial charge in [-0.25, -0.2) is 4.99 Å². The zero-order valence-corrected chi connectivity index (χ0v) is 16.3. The lowest BCUT2D eigenvalue weighted by atomic mass is 10.0. The maximum atomic E-state index is 10.7. The highest BCUT2D eigenvalue weighted by Gasteiger charge is 2.27. The molecule has 0 spiro atoms. The molecule has 1 unspecified atom stereocenters. The number of hydrogen-bond acceptors (Lipinski definition) is 4. The molecule has 146 valence electrons. The fourth-order valence-corrected chi connectivity index (χ4v) is 2.50. The normalized spacial score (nSPS) is 13.7. The Morgan fingerprint density at radius 2 is 2.07 bits per heavy atom. The van der Waals surface area contributed by atoms with E-state index in [2.05, 4.69) is 22.2 Å². The fraction of sp³-hybridized carbons (Fsp3) is 0.381. The van der Waals surface area contributed by atoms with E-state index in [-0.39, 0.29) is 6.54 Å². The number of benzene rings is 1. The van der Waals surface area contributed by atoms with Crippen molar-refractivity contribution in [2.45, 2.75) is 32.9 Å². The molecule has 6 heteroatoms. The van der Waals surface area contributed by atoms with Crippen LogP contribution < -0.4 is 15.4 Å². The number of aliphatic imine (C=N–C) groups is 1. The second-order valence-corrected chi connectivity index (χ2v) is 6.44. The number of ether oxygens (including phenoxy) is 1. The van der Waals surface area contributed by atoms with Gasteiger partial charge in [-0.3, -0.25) is 0 Å². The van der Waals surface area contributed by atoms with Gasteiger partial charge in [0.1, 0.15) is 29.5 Å². The Hall–Kier alpha value is -2.73. The van der Waals surface area contributed by atoms with Crippen LogP contribution in [0.15, 0.2) is 58.5 Å². The Morgan fingerprint density at radius 3 is 2.74 bits per heavy atom. The molecule has 0 saturated heterocycles. The number of aryl methyl sites for hydroxylation is 1. The molecular formula is C21H29N3O3. The van der Waals surface area contributed by atoms with E-state index >= 15 is 0 Å². The van der Waals surface area contributed by atoms with Gasteiger partial charge in [0.15, 0.2) is 5.96 Å². The standard InChI is InChI=1S/C21H29N3O3/c1-5-13-26-18-10-8-7-9-17(18)14-23-20(22-6-2)24-15-21(4,25)19-12-11-16(3)27-19/h5,7-12,25H,1,6,13-15H2,2-4H3,(H2,22,23,24). The Labute approximate surface area is 161 Å². The summed E-state index contributed by atoms with van der Waals surface area (Å²) in [6.07, 6.45) is 1.71. The van der Waals surface area contributed by atoms with Crippen LogP contribution in [-0.2, 0) is 12.1 Å². The number of nitrogens with zero attached hydrogens (tertiary/aromatic N) is 1. The first-order valence-electron chi connectivity index (χ1n) is 9.09. The van der Waals surface area contributed by atoms with Crippen LogP contribution in [0, 0.1) is 6.92 Å². The molecule has 1 heterocycles. The number of para-hydroxylation sites is 1. The third-order valence-corrected chi connectivity index (χ3v) is 3.95. The van der Waals surface area contributed by atoms with E-state index < -0.39 is 5.60 Å². The molecule has 0 fully saturated rings. The van der Waals surface area contributed by atoms with Crippen LogP contribution in [-0.4, -0.2) is 30.8 Å². The summed E-state index contributed by atoms with van der Waals surface area (Å²) in [5, 5.41) is 17.0. The van der Waals surface area contributed by atoms with E-state index in [9.17, 15) is 5.11 Å². The highest BCUT2D eigenvalue weighted by Crippen LogP contribution is 2.22. The Bertz CT molecular complexity index is 766. The maximum Gasteiger partial charge on any atom is 0.191 e. The predicted molar refractivity (Wildman–Crippen MR) is 108 cm³/mol. The van der Waals surface area contributed by atoms with Gasteiger partial charge in [0.2, 0.25) is 0 Å². The number of guanidine groups is 1. The number of nitrogens with one attached hydrogen (secondary N) is 2. The van der Waals surface area contributed by atoms with Crippen LogP contribution in [0.2, 0.25) is 0 Å². The van der Waals surface area contributed by atoms with Gasteiger partial charge in [-0.1, -0.05) is 30.9 Å². The van der Waals surface area contributed by atoms with Crippen LogP contribution in [0.25, 0.3) is 0 Å². The quantitative estimate of drug-likeness (QED) is 0.359. The first-order chi connectivity index (χ1) is 13.0. The van der Waals surface area contributed by atoms with Crippen LogP contribution in [0.1, 0.15) is 30.9 Å². The van der Waals surface area contributed by atoms with Crippen molar-refractivity contribution >= 4 is 5.96 Å². The molecule has 6 nitrogen and oxygen atoms in total. The van der Waals surface area contributed by atoms with Crippen molar-refractivity contribution in [3.05, 3.63) is 66.1 Å². The van der Waals surface area contributed by atoms with Gasteiger partial charge in [0.25, 0.3) is 0 Å². The SMILES string of the molecule is C=CCOc1ccccc1CN=C(NCC)NCC(C)(O)c1ccc(C)o1. The van der Waals surface area contributed by atoms with Crippen molar-refractivity contribution < 1.29 is 14.3 Å². The highest BCUT2D eigenvalue weighted by atomic mass is 16.5. The van der Waals surface area contributed by atoms with Crippen molar-refractivity contribution in [3.8, 4) is 5.75 Å². The number of rotatable bonds is 9. The number of aliphatic hydroxyl groups is 1. The van der Waals surface area contributed by atoms with E-state index in [1.54, 1.807) is 19.1 Å². The number of hydrogen-bond donors (Lipinski definition) is 3. The second kappa shape index (κ2) is 9.83. The molecule has 27 heavy (non-hydrogen) atoms. The molecule has 0 aliphatic heterocycles. The largest absolute Gasteiger partial charge is 0.489 e. The third kappa shape index (κ3) is 6.18. The maximum absolute atomic E-state index is 10.7. The van der Waals surface area contributed by atoms with Gasteiger partial charge in [-0.15, -0.1) is 0 Å². The lowest BCUT2D eigenvalue weighted by Crippen LogP contribution is -2.44. The summed E-state index contributed by atoms with van der Waals surface area (Å²) < 4.78 is 11.2. The van der Waals surface area contributed by atoms with Gasteiger partial charge < -0.3 is 24.9 Å². The monoisotopic (exact) mass is 371 g/mol. The molecule has 0 aliphatic carbocycles. The average molecular weight is 371 g/mol. The summed E-state index contributed by atoms with van der Waals surface area (Å²) in [6, 6.07) is 11.4. The minimum Gasteiger partial charge on any atom is -0.489 e. The zero-order valence-electron chi connectivity index (χ0n) is 16.3. The molecule has 0 radical (unpaired) electrons. The molecule has 0 bridgehead atoms. The Kier molecular flexibility index (Phi) is 7.49. The van der Waals surface area contributed by atoms with Crippen LogP contribution in [0.4, 0.5) is 0 Å². The fourth-order valence-electron chi connectivity index (χ4n) is 2.50. The molecule has 0 saturated carbocycles. The Balaban J connectivity index is 2.05. The molecule has 2 rings (SSSR count). The molecular weight excluding hydrogens is 342 g/mol. The van der Waals surface area contributed by atoms with Crippen LogP contribution >= 0.6 is 0 Å². The van der Waals surface area contributed by atoms with E-state index in [0.29, 0.717) is 31.4 Å². The molecule has 3 N–H and O–H groups in total. The third-order valence-electron chi connectivity index (χ3n) is 3.95. The summed E-state index contributed by atoms with van der Waals surface area (Å²) in [5.74, 6) is 2.68. The zero-order chi connectivity index (χ0) is 19.7. The first-order valence-corrected chi connectivity index (χ1v) is 9.09. The lowest BCUT2D eigenvalue weighted by Gasteiger charge is -2.23. The molecule has 1 aromatic carbocycles. The second-order valence-electron chi connectivity index (χ2n) is 6.44. The minimum atomic E-state index is -1.14. The summed E-state index contributed by atoms with van der Waals surface area (Å²) in [4.78, 5) is 4.60. The summed E-state index contributed by atoms with van der Waals surface area (Å²) in [7, 11) is 0. The summed E-state index contributed by atoms with van der Waals surface area (Å²) in [6.45, 7) is 11.1. The van der Waals surface area contributed by atoms with E-state index in [1.165, 1.54) is 0 Å².